The van der Waals surface area contributed by atoms with Crippen LogP contribution in [0.25, 0.3) is 0 Å². The Morgan fingerprint density at radius 2 is 1.61 bits per heavy atom. The van der Waals surface area contributed by atoms with Gasteiger partial charge >= 0.3 is 0 Å². The van der Waals surface area contributed by atoms with Crippen LogP contribution in [-0.2, 0) is 14.8 Å². The van der Waals surface area contributed by atoms with Gasteiger partial charge in [-0.1, -0.05) is 53.6 Å². The van der Waals surface area contributed by atoms with Gasteiger partial charge in [0, 0.05) is 0 Å². The normalized spacial score (nSPS) is 12.2. The minimum absolute atomic E-state index is 0.106. The van der Waals surface area contributed by atoms with E-state index in [0.29, 0.717) is 11.4 Å². The van der Waals surface area contributed by atoms with Crippen LogP contribution in [0.2, 0.25) is 0 Å². The van der Waals surface area contributed by atoms with Crippen LogP contribution >= 0.6 is 0 Å². The third kappa shape index (κ3) is 5.54. The molecular formula is C26H30N2O4S. The summed E-state index contributed by atoms with van der Waals surface area (Å²) in [4.78, 5) is 13.2. The van der Waals surface area contributed by atoms with Crippen molar-refractivity contribution in [2.75, 3.05) is 18.0 Å². The lowest BCUT2D eigenvalue weighted by Crippen LogP contribution is -2.41. The number of ether oxygens (including phenoxy) is 1. The van der Waals surface area contributed by atoms with Crippen molar-refractivity contribution in [3.63, 3.8) is 0 Å². The van der Waals surface area contributed by atoms with Gasteiger partial charge in [-0.05, 0) is 63.1 Å². The average molecular weight is 467 g/mol. The molecule has 0 spiro atoms. The molecule has 3 aromatic rings. The summed E-state index contributed by atoms with van der Waals surface area (Å²) in [6, 6.07) is 19.1. The molecule has 1 N–H and O–H groups in total. The number of benzene rings is 3. The van der Waals surface area contributed by atoms with Crippen molar-refractivity contribution in [2.45, 2.75) is 38.6 Å². The van der Waals surface area contributed by atoms with Gasteiger partial charge in [0.1, 0.15) is 12.3 Å². The number of nitrogens with zero attached hydrogens (tertiary/aromatic N) is 1. The molecule has 7 heteroatoms. The van der Waals surface area contributed by atoms with Crippen molar-refractivity contribution in [2.24, 2.45) is 0 Å². The molecule has 3 rings (SSSR count). The molecule has 174 valence electrons. The Labute approximate surface area is 196 Å². The molecule has 0 radical (unpaired) electrons. The number of amides is 1. The minimum Gasteiger partial charge on any atom is -0.495 e. The predicted molar refractivity (Wildman–Crippen MR) is 131 cm³/mol. The summed E-state index contributed by atoms with van der Waals surface area (Å²) in [6.45, 7) is 7.40. The van der Waals surface area contributed by atoms with Crippen LogP contribution < -0.4 is 14.4 Å². The first-order valence-electron chi connectivity index (χ1n) is 10.7. The topological polar surface area (TPSA) is 75.7 Å². The Bertz CT molecular complexity index is 1240. The molecule has 1 unspecified atom stereocenters. The Morgan fingerprint density at radius 1 is 0.970 bits per heavy atom. The molecule has 0 heterocycles. The van der Waals surface area contributed by atoms with Crippen molar-refractivity contribution < 1.29 is 17.9 Å². The highest BCUT2D eigenvalue weighted by Crippen LogP contribution is 2.32. The van der Waals surface area contributed by atoms with Crippen LogP contribution in [-0.4, -0.2) is 28.0 Å². The molecule has 0 saturated heterocycles. The Kier molecular flexibility index (Phi) is 7.43. The van der Waals surface area contributed by atoms with Gasteiger partial charge in [-0.25, -0.2) is 8.42 Å². The second-order valence-corrected chi connectivity index (χ2v) is 10.0. The van der Waals surface area contributed by atoms with E-state index in [1.54, 1.807) is 48.5 Å². The van der Waals surface area contributed by atoms with Gasteiger partial charge in [-0.3, -0.25) is 9.10 Å². The largest absolute Gasteiger partial charge is 0.495 e. The van der Waals surface area contributed by atoms with E-state index in [1.165, 1.54) is 7.11 Å². The predicted octanol–water partition coefficient (Wildman–Crippen LogP) is 4.69. The van der Waals surface area contributed by atoms with Crippen LogP contribution in [0.5, 0.6) is 5.75 Å². The molecule has 0 saturated carbocycles. The Morgan fingerprint density at radius 3 is 2.24 bits per heavy atom. The number of anilines is 1. The maximum absolute atomic E-state index is 13.6. The van der Waals surface area contributed by atoms with Gasteiger partial charge < -0.3 is 10.1 Å². The van der Waals surface area contributed by atoms with Crippen LogP contribution in [0.1, 0.15) is 35.2 Å². The molecular weight excluding hydrogens is 436 g/mol. The zero-order chi connectivity index (χ0) is 24.2. The van der Waals surface area contributed by atoms with E-state index in [4.69, 9.17) is 4.74 Å². The molecule has 0 fully saturated rings. The number of hydrogen-bond acceptors (Lipinski definition) is 4. The molecule has 0 bridgehead atoms. The number of sulfonamides is 1. The molecule has 0 aromatic heterocycles. The van der Waals surface area contributed by atoms with Crippen molar-refractivity contribution in [3.05, 3.63) is 89.0 Å². The Balaban J connectivity index is 1.94. The third-order valence-electron chi connectivity index (χ3n) is 5.52. The lowest BCUT2D eigenvalue weighted by Gasteiger charge is -2.26. The number of para-hydroxylation sites is 2. The molecule has 6 nitrogen and oxygen atoms in total. The number of methoxy groups -OCH3 is 1. The number of hydrogen-bond donors (Lipinski definition) is 1. The van der Waals surface area contributed by atoms with Gasteiger partial charge in [0.05, 0.1) is 23.7 Å². The summed E-state index contributed by atoms with van der Waals surface area (Å²) in [5, 5.41) is 2.94. The SMILES string of the molecule is COc1ccccc1N(CC(=O)NC(C)c1ccc(C)cc1C)S(=O)(=O)c1ccc(C)cc1. The van der Waals surface area contributed by atoms with E-state index < -0.39 is 15.9 Å². The van der Waals surface area contributed by atoms with E-state index in [9.17, 15) is 13.2 Å². The third-order valence-corrected chi connectivity index (χ3v) is 7.29. The second-order valence-electron chi connectivity index (χ2n) is 8.15. The summed E-state index contributed by atoms with van der Waals surface area (Å²) < 4.78 is 33.7. The van der Waals surface area contributed by atoms with Crippen molar-refractivity contribution >= 4 is 21.6 Å². The summed E-state index contributed by atoms with van der Waals surface area (Å²) in [5.41, 5.74) is 4.44. The molecule has 0 aliphatic heterocycles. The summed E-state index contributed by atoms with van der Waals surface area (Å²) >= 11 is 0. The zero-order valence-corrected chi connectivity index (χ0v) is 20.4. The maximum Gasteiger partial charge on any atom is 0.264 e. The number of carbonyl (C=O) groups is 1. The smallest absolute Gasteiger partial charge is 0.264 e. The highest BCUT2D eigenvalue weighted by Gasteiger charge is 2.29. The van der Waals surface area contributed by atoms with E-state index >= 15 is 0 Å². The maximum atomic E-state index is 13.6. The molecule has 33 heavy (non-hydrogen) atoms. The van der Waals surface area contributed by atoms with E-state index in [0.717, 1.165) is 26.6 Å². The van der Waals surface area contributed by atoms with Gasteiger partial charge in [0.25, 0.3) is 10.0 Å². The summed E-state index contributed by atoms with van der Waals surface area (Å²) in [7, 11) is -2.55. The monoisotopic (exact) mass is 466 g/mol. The van der Waals surface area contributed by atoms with E-state index in [-0.39, 0.29) is 17.5 Å². The first kappa shape index (κ1) is 24.3. The van der Waals surface area contributed by atoms with Crippen molar-refractivity contribution in [3.8, 4) is 5.75 Å². The number of aryl methyl sites for hydroxylation is 3. The van der Waals surface area contributed by atoms with Gasteiger partial charge in [0.2, 0.25) is 5.91 Å². The lowest BCUT2D eigenvalue weighted by molar-refractivity contribution is -0.120. The Hall–Kier alpha value is -3.32. The standard InChI is InChI=1S/C26H30N2O4S/c1-18-10-13-22(14-11-18)33(30,31)28(24-8-6-7-9-25(24)32-5)17-26(29)27-21(4)23-15-12-19(2)16-20(23)3/h6-16,21H,17H2,1-5H3,(H,27,29). The fourth-order valence-corrected chi connectivity index (χ4v) is 5.21. The van der Waals surface area contributed by atoms with Crippen molar-refractivity contribution in [1.82, 2.24) is 5.32 Å². The van der Waals surface area contributed by atoms with E-state index in [1.807, 2.05) is 39.8 Å². The van der Waals surface area contributed by atoms with Crippen LogP contribution in [0.4, 0.5) is 5.69 Å². The zero-order valence-electron chi connectivity index (χ0n) is 19.6. The molecule has 1 amide bonds. The number of carbonyl (C=O) groups excluding carboxylic acids is 1. The molecule has 3 aromatic carbocycles. The molecule has 1 atom stereocenters. The minimum atomic E-state index is -4.02. The fourth-order valence-electron chi connectivity index (χ4n) is 3.78. The lowest BCUT2D eigenvalue weighted by atomic mass is 10.0. The summed E-state index contributed by atoms with van der Waals surface area (Å²) in [6.07, 6.45) is 0. The van der Waals surface area contributed by atoms with Gasteiger partial charge in [-0.2, -0.15) is 0 Å². The highest BCUT2D eigenvalue weighted by atomic mass is 32.2. The van der Waals surface area contributed by atoms with Crippen LogP contribution in [0.3, 0.4) is 0 Å². The quantitative estimate of drug-likeness (QED) is 0.522. The van der Waals surface area contributed by atoms with Gasteiger partial charge in [0.15, 0.2) is 0 Å². The average Bonchev–Trinajstić information content (AvgIpc) is 2.77. The second kappa shape index (κ2) is 10.1. The van der Waals surface area contributed by atoms with Crippen LogP contribution in [0, 0.1) is 20.8 Å². The number of nitrogens with one attached hydrogen (secondary N) is 1. The van der Waals surface area contributed by atoms with E-state index in [2.05, 4.69) is 11.4 Å². The first-order chi connectivity index (χ1) is 15.6. The molecule has 0 aliphatic rings. The van der Waals surface area contributed by atoms with Gasteiger partial charge in [-0.15, -0.1) is 0 Å². The highest BCUT2D eigenvalue weighted by molar-refractivity contribution is 7.92. The van der Waals surface area contributed by atoms with Crippen molar-refractivity contribution in [1.29, 1.82) is 0 Å². The van der Waals surface area contributed by atoms with Crippen LogP contribution in [0.15, 0.2) is 71.6 Å². The summed E-state index contributed by atoms with van der Waals surface area (Å²) in [5.74, 6) is -0.0486. The fraction of sp³-hybridized carbons (Fsp3) is 0.269. The first-order valence-corrected chi connectivity index (χ1v) is 12.2. The number of rotatable bonds is 8. The molecule has 0 aliphatic carbocycles.